The van der Waals surface area contributed by atoms with Crippen LogP contribution in [-0.4, -0.2) is 22.8 Å². The summed E-state index contributed by atoms with van der Waals surface area (Å²) in [4.78, 5) is 25.2. The Bertz CT molecular complexity index is 331. The number of nitrogens with zero attached hydrogens (tertiary/aromatic N) is 1. The van der Waals surface area contributed by atoms with Crippen LogP contribution in [0.25, 0.3) is 0 Å². The number of likely N-dealkylation sites (tertiary alicyclic amines) is 1. The van der Waals surface area contributed by atoms with Crippen molar-refractivity contribution in [2.45, 2.75) is 32.7 Å². The van der Waals surface area contributed by atoms with Crippen molar-refractivity contribution in [3.63, 3.8) is 0 Å². The number of fused-ring (bicyclic) bond motifs is 1. The number of terminal acetylenes is 1. The van der Waals surface area contributed by atoms with Crippen molar-refractivity contribution in [3.8, 4) is 12.3 Å². The Morgan fingerprint density at radius 2 is 1.80 bits per heavy atom. The van der Waals surface area contributed by atoms with E-state index in [1.54, 1.807) is 6.92 Å². The number of hydrogen-bond donors (Lipinski definition) is 0. The Morgan fingerprint density at radius 1 is 1.33 bits per heavy atom. The topological polar surface area (TPSA) is 37.4 Å². The summed E-state index contributed by atoms with van der Waals surface area (Å²) in [7, 11) is 0. The Kier molecular flexibility index (Phi) is 2.30. The molecule has 1 saturated heterocycles. The van der Waals surface area contributed by atoms with Crippen molar-refractivity contribution >= 4 is 11.8 Å². The number of carbonyl (C=O) groups excluding carboxylic acids is 2. The van der Waals surface area contributed by atoms with E-state index in [1.807, 2.05) is 0 Å². The van der Waals surface area contributed by atoms with Gasteiger partial charge in [-0.2, -0.15) is 0 Å². The molecule has 2 aliphatic rings. The third-order valence-corrected chi connectivity index (χ3v) is 3.54. The molecule has 3 atom stereocenters. The molecule has 1 aliphatic carbocycles. The van der Waals surface area contributed by atoms with Gasteiger partial charge < -0.3 is 0 Å². The van der Waals surface area contributed by atoms with E-state index < -0.39 is 6.04 Å². The van der Waals surface area contributed by atoms with Crippen LogP contribution in [0.2, 0.25) is 0 Å². The molecule has 2 fully saturated rings. The lowest BCUT2D eigenvalue weighted by Crippen LogP contribution is -2.38. The van der Waals surface area contributed by atoms with Gasteiger partial charge in [0.15, 0.2) is 0 Å². The van der Waals surface area contributed by atoms with Crippen molar-refractivity contribution in [2.75, 3.05) is 0 Å². The summed E-state index contributed by atoms with van der Waals surface area (Å²) in [6.07, 6.45) is 6.93. The summed E-state index contributed by atoms with van der Waals surface area (Å²) in [5, 5.41) is 0. The Hall–Kier alpha value is -1.30. The highest BCUT2D eigenvalue weighted by Gasteiger charge is 2.52. The maximum absolute atomic E-state index is 12.0. The van der Waals surface area contributed by atoms with Gasteiger partial charge in [-0.25, -0.2) is 0 Å². The van der Waals surface area contributed by atoms with E-state index in [9.17, 15) is 9.59 Å². The average molecular weight is 205 g/mol. The first-order chi connectivity index (χ1) is 7.06. The first-order valence-corrected chi connectivity index (χ1v) is 5.39. The van der Waals surface area contributed by atoms with Crippen molar-refractivity contribution in [2.24, 2.45) is 17.8 Å². The molecule has 1 saturated carbocycles. The lowest BCUT2D eigenvalue weighted by Gasteiger charge is -2.19. The highest BCUT2D eigenvalue weighted by Crippen LogP contribution is 2.43. The zero-order valence-electron chi connectivity index (χ0n) is 9.06. The molecular weight excluding hydrogens is 190 g/mol. The molecule has 2 rings (SSSR count). The SMILES string of the molecule is C#CC(C)N1C(=O)C2CC(C)CC2C1=O. The van der Waals surface area contributed by atoms with Crippen molar-refractivity contribution in [1.82, 2.24) is 4.90 Å². The molecule has 1 aliphatic heterocycles. The van der Waals surface area contributed by atoms with E-state index in [-0.39, 0.29) is 23.7 Å². The van der Waals surface area contributed by atoms with Gasteiger partial charge in [-0.15, -0.1) is 6.42 Å². The third-order valence-electron chi connectivity index (χ3n) is 3.54. The largest absolute Gasteiger partial charge is 0.274 e. The van der Waals surface area contributed by atoms with Gasteiger partial charge in [0.25, 0.3) is 0 Å². The Morgan fingerprint density at radius 3 is 2.20 bits per heavy atom. The molecule has 80 valence electrons. The van der Waals surface area contributed by atoms with Crippen LogP contribution < -0.4 is 0 Å². The van der Waals surface area contributed by atoms with Crippen LogP contribution in [0.5, 0.6) is 0 Å². The average Bonchev–Trinajstić information content (AvgIpc) is 2.67. The van der Waals surface area contributed by atoms with E-state index in [4.69, 9.17) is 6.42 Å². The maximum Gasteiger partial charge on any atom is 0.234 e. The fourth-order valence-corrected chi connectivity index (χ4v) is 2.76. The molecule has 0 aromatic heterocycles. The minimum absolute atomic E-state index is 0.0557. The minimum Gasteiger partial charge on any atom is -0.274 e. The minimum atomic E-state index is -0.397. The third kappa shape index (κ3) is 1.36. The van der Waals surface area contributed by atoms with Crippen LogP contribution in [0, 0.1) is 30.1 Å². The second kappa shape index (κ2) is 3.37. The van der Waals surface area contributed by atoms with E-state index in [1.165, 1.54) is 4.90 Å². The lowest BCUT2D eigenvalue weighted by atomic mass is 10.00. The van der Waals surface area contributed by atoms with Crippen LogP contribution in [0.4, 0.5) is 0 Å². The molecule has 0 radical (unpaired) electrons. The molecule has 0 aromatic carbocycles. The number of carbonyl (C=O) groups is 2. The second-order valence-corrected chi connectivity index (χ2v) is 4.68. The van der Waals surface area contributed by atoms with E-state index >= 15 is 0 Å². The standard InChI is InChI=1S/C12H15NO2/c1-4-8(3)13-11(14)9-5-7(2)6-10(9)12(13)15/h1,7-10H,5-6H2,2-3H3. The highest BCUT2D eigenvalue weighted by molar-refractivity contribution is 6.06. The smallest absolute Gasteiger partial charge is 0.234 e. The van der Waals surface area contributed by atoms with Gasteiger partial charge >= 0.3 is 0 Å². The van der Waals surface area contributed by atoms with Gasteiger partial charge in [-0.3, -0.25) is 14.5 Å². The Balaban J connectivity index is 2.25. The monoisotopic (exact) mass is 205 g/mol. The first-order valence-electron chi connectivity index (χ1n) is 5.39. The summed E-state index contributed by atoms with van der Waals surface area (Å²) in [6, 6.07) is -0.397. The molecule has 3 heteroatoms. The zero-order valence-corrected chi connectivity index (χ0v) is 9.06. The normalized spacial score (nSPS) is 36.6. The van der Waals surface area contributed by atoms with Gasteiger partial charge in [0.1, 0.15) is 0 Å². The van der Waals surface area contributed by atoms with Crippen LogP contribution in [-0.2, 0) is 9.59 Å². The molecule has 3 nitrogen and oxygen atoms in total. The van der Waals surface area contributed by atoms with Gasteiger partial charge in [0.2, 0.25) is 11.8 Å². The molecular formula is C12H15NO2. The molecule has 2 amide bonds. The summed E-state index contributed by atoms with van der Waals surface area (Å²) in [5.74, 6) is 2.64. The van der Waals surface area contributed by atoms with Crippen molar-refractivity contribution in [3.05, 3.63) is 0 Å². The molecule has 0 N–H and O–H groups in total. The van der Waals surface area contributed by atoms with Gasteiger partial charge in [-0.1, -0.05) is 12.8 Å². The lowest BCUT2D eigenvalue weighted by molar-refractivity contribution is -0.141. The molecule has 0 aromatic rings. The molecule has 0 bridgehead atoms. The zero-order chi connectivity index (χ0) is 11.2. The molecule has 1 heterocycles. The Labute approximate surface area is 89.8 Å². The first kappa shape index (κ1) is 10.2. The van der Waals surface area contributed by atoms with E-state index in [0.29, 0.717) is 5.92 Å². The quantitative estimate of drug-likeness (QED) is 0.474. The van der Waals surface area contributed by atoms with Crippen LogP contribution in [0.1, 0.15) is 26.7 Å². The summed E-state index contributed by atoms with van der Waals surface area (Å²) in [5.41, 5.74) is 0. The van der Waals surface area contributed by atoms with Crippen LogP contribution >= 0.6 is 0 Å². The molecule has 3 unspecified atom stereocenters. The van der Waals surface area contributed by atoms with Gasteiger partial charge in [0, 0.05) is 0 Å². The number of rotatable bonds is 1. The second-order valence-electron chi connectivity index (χ2n) is 4.68. The highest BCUT2D eigenvalue weighted by atomic mass is 16.2. The summed E-state index contributed by atoms with van der Waals surface area (Å²) >= 11 is 0. The van der Waals surface area contributed by atoms with Crippen LogP contribution in [0.15, 0.2) is 0 Å². The van der Waals surface area contributed by atoms with Crippen molar-refractivity contribution in [1.29, 1.82) is 0 Å². The van der Waals surface area contributed by atoms with Gasteiger partial charge in [-0.05, 0) is 25.7 Å². The number of imide groups is 1. The molecule has 15 heavy (non-hydrogen) atoms. The predicted octanol–water partition coefficient (Wildman–Crippen LogP) is 1.04. The fraction of sp³-hybridized carbons (Fsp3) is 0.667. The fourth-order valence-electron chi connectivity index (χ4n) is 2.76. The summed E-state index contributed by atoms with van der Waals surface area (Å²) in [6.45, 7) is 3.81. The van der Waals surface area contributed by atoms with Gasteiger partial charge in [0.05, 0.1) is 17.9 Å². The van der Waals surface area contributed by atoms with E-state index in [0.717, 1.165) is 12.8 Å². The van der Waals surface area contributed by atoms with Crippen LogP contribution in [0.3, 0.4) is 0 Å². The molecule has 0 spiro atoms. The number of amides is 2. The maximum atomic E-state index is 12.0. The predicted molar refractivity (Wildman–Crippen MR) is 55.5 cm³/mol. The number of hydrogen-bond acceptors (Lipinski definition) is 2. The summed E-state index contributed by atoms with van der Waals surface area (Å²) < 4.78 is 0. The van der Waals surface area contributed by atoms with E-state index in [2.05, 4.69) is 12.8 Å². The van der Waals surface area contributed by atoms with Crippen molar-refractivity contribution < 1.29 is 9.59 Å².